The predicted molar refractivity (Wildman–Crippen MR) is 109 cm³/mol. The average molecular weight is 627 g/mol. The van der Waals surface area contributed by atoms with Crippen molar-refractivity contribution in [1.29, 1.82) is 0 Å². The standard InChI is InChI=1S/C11H18Br3Cl4O4P/c1-4-7-8(12)11(13,14)22-23(19,20-9(15,16)5-2)21-10(17,18)6-3/h8H,4-7H2,1-3H3. The van der Waals surface area contributed by atoms with Gasteiger partial charge >= 0.3 is 7.82 Å². The van der Waals surface area contributed by atoms with Gasteiger partial charge < -0.3 is 0 Å². The third kappa shape index (κ3) is 9.99. The highest BCUT2D eigenvalue weighted by Gasteiger charge is 2.49. The lowest BCUT2D eigenvalue weighted by molar-refractivity contribution is 0.0593. The third-order valence-electron chi connectivity index (χ3n) is 2.45. The monoisotopic (exact) mass is 622 g/mol. The summed E-state index contributed by atoms with van der Waals surface area (Å²) in [7, 11) is -4.35. The van der Waals surface area contributed by atoms with Gasteiger partial charge in [0.1, 0.15) is 0 Å². The summed E-state index contributed by atoms with van der Waals surface area (Å²) in [6, 6.07) is 0. The molecule has 0 aromatic heterocycles. The van der Waals surface area contributed by atoms with E-state index >= 15 is 0 Å². The first kappa shape index (κ1) is 25.7. The number of phosphoric acid groups is 1. The van der Waals surface area contributed by atoms with Crippen LogP contribution in [0.4, 0.5) is 0 Å². The van der Waals surface area contributed by atoms with Crippen LogP contribution in [0.25, 0.3) is 0 Å². The highest BCUT2D eigenvalue weighted by Crippen LogP contribution is 2.64. The van der Waals surface area contributed by atoms with Crippen LogP contribution in [0.3, 0.4) is 0 Å². The van der Waals surface area contributed by atoms with Crippen molar-refractivity contribution in [3.05, 3.63) is 0 Å². The van der Waals surface area contributed by atoms with E-state index in [4.69, 9.17) is 60.0 Å². The first-order valence-electron chi connectivity index (χ1n) is 6.72. The van der Waals surface area contributed by atoms with Crippen molar-refractivity contribution in [2.75, 3.05) is 0 Å². The Morgan fingerprint density at radius 1 is 0.957 bits per heavy atom. The zero-order valence-electron chi connectivity index (χ0n) is 12.6. The Labute approximate surface area is 182 Å². The summed E-state index contributed by atoms with van der Waals surface area (Å²) in [5.74, 6) is 0. The molecule has 0 bridgehead atoms. The van der Waals surface area contributed by atoms with Crippen LogP contribution in [0.15, 0.2) is 0 Å². The van der Waals surface area contributed by atoms with Gasteiger partial charge in [0.15, 0.2) is 0 Å². The lowest BCUT2D eigenvalue weighted by Gasteiger charge is -2.34. The van der Waals surface area contributed by atoms with Crippen LogP contribution in [-0.2, 0) is 18.1 Å². The molecule has 4 nitrogen and oxygen atoms in total. The average Bonchev–Trinajstić information content (AvgIpc) is 2.36. The van der Waals surface area contributed by atoms with Crippen molar-refractivity contribution in [2.45, 2.75) is 63.7 Å². The Morgan fingerprint density at radius 3 is 1.65 bits per heavy atom. The van der Waals surface area contributed by atoms with E-state index in [-0.39, 0.29) is 17.7 Å². The fourth-order valence-corrected chi connectivity index (χ4v) is 5.82. The fourth-order valence-electron chi connectivity index (χ4n) is 1.14. The van der Waals surface area contributed by atoms with E-state index in [0.29, 0.717) is 6.42 Å². The van der Waals surface area contributed by atoms with Gasteiger partial charge in [-0.1, -0.05) is 89.5 Å². The molecule has 0 amide bonds. The molecular formula is C11H18Br3Cl4O4P. The molecule has 0 aromatic rings. The molecule has 0 aliphatic heterocycles. The van der Waals surface area contributed by atoms with Crippen LogP contribution in [-0.4, -0.2) is 17.3 Å². The second-order valence-corrected chi connectivity index (χ2v) is 13.3. The maximum absolute atomic E-state index is 13.0. The van der Waals surface area contributed by atoms with E-state index in [0.717, 1.165) is 6.42 Å². The summed E-state index contributed by atoms with van der Waals surface area (Å²) < 4.78 is 23.9. The Morgan fingerprint density at radius 2 is 1.35 bits per heavy atom. The Kier molecular flexibility index (Phi) is 11.5. The van der Waals surface area contributed by atoms with E-state index in [1.54, 1.807) is 13.8 Å². The van der Waals surface area contributed by atoms with Crippen molar-refractivity contribution in [1.82, 2.24) is 0 Å². The molecule has 0 spiro atoms. The molecule has 12 heteroatoms. The number of hydrogen-bond acceptors (Lipinski definition) is 4. The van der Waals surface area contributed by atoms with E-state index in [9.17, 15) is 4.57 Å². The van der Waals surface area contributed by atoms with Gasteiger partial charge in [0.25, 0.3) is 0 Å². The van der Waals surface area contributed by atoms with Crippen molar-refractivity contribution in [3.63, 3.8) is 0 Å². The van der Waals surface area contributed by atoms with Gasteiger partial charge in [-0.05, 0) is 38.3 Å². The molecule has 0 aliphatic rings. The molecule has 0 heterocycles. The second-order valence-electron chi connectivity index (χ2n) is 4.52. The van der Waals surface area contributed by atoms with Crippen molar-refractivity contribution >= 4 is 102 Å². The smallest absolute Gasteiger partial charge is 0.256 e. The molecule has 1 atom stereocenters. The van der Waals surface area contributed by atoms with Crippen LogP contribution < -0.4 is 0 Å². The lowest BCUT2D eigenvalue weighted by Crippen LogP contribution is -2.31. The number of hydrogen-bond donors (Lipinski definition) is 0. The first-order chi connectivity index (χ1) is 10.2. The number of phosphoric ester groups is 1. The summed E-state index contributed by atoms with van der Waals surface area (Å²) in [6.07, 6.45) is 1.79. The van der Waals surface area contributed by atoms with Gasteiger partial charge in [0.05, 0.1) is 4.83 Å². The molecule has 0 aliphatic carbocycles. The third-order valence-corrected chi connectivity index (χ3v) is 10.1. The minimum absolute atomic E-state index is 0.126. The lowest BCUT2D eigenvalue weighted by atomic mass is 10.3. The summed E-state index contributed by atoms with van der Waals surface area (Å²) in [5.41, 5.74) is 0. The number of halogens is 7. The van der Waals surface area contributed by atoms with Gasteiger partial charge in [-0.15, -0.1) is 0 Å². The highest BCUT2D eigenvalue weighted by molar-refractivity contribution is 9.26. The maximum atomic E-state index is 13.0. The van der Waals surface area contributed by atoms with Crippen molar-refractivity contribution in [3.8, 4) is 0 Å². The molecule has 0 radical (unpaired) electrons. The van der Waals surface area contributed by atoms with Crippen molar-refractivity contribution < 1.29 is 18.1 Å². The highest BCUT2D eigenvalue weighted by atomic mass is 79.9. The van der Waals surface area contributed by atoms with Gasteiger partial charge in [-0.3, -0.25) is 4.52 Å². The van der Waals surface area contributed by atoms with Crippen molar-refractivity contribution in [2.24, 2.45) is 0 Å². The summed E-state index contributed by atoms with van der Waals surface area (Å²) in [4.78, 5) is -0.274. The van der Waals surface area contributed by atoms with Crippen LogP contribution >= 0.6 is 102 Å². The van der Waals surface area contributed by atoms with Gasteiger partial charge in [0, 0.05) is 12.8 Å². The molecule has 0 aromatic carbocycles. The Hall–Kier alpha value is 2.71. The largest absolute Gasteiger partial charge is 0.482 e. The minimum Gasteiger partial charge on any atom is -0.256 e. The van der Waals surface area contributed by atoms with E-state index in [1.807, 2.05) is 6.92 Å². The second kappa shape index (κ2) is 10.3. The predicted octanol–water partition coefficient (Wildman–Crippen LogP) is 8.23. The molecular weight excluding hydrogens is 609 g/mol. The normalized spacial score (nSPS) is 15.7. The quantitative estimate of drug-likeness (QED) is 0.171. The SMILES string of the molecule is CCCC(Br)C(Br)(Br)OP(=O)(OC(Cl)(Cl)CC)OC(Cl)(Cl)CC. The number of alkyl halides is 7. The fraction of sp³-hybridized carbons (Fsp3) is 1.00. The zero-order valence-corrected chi connectivity index (χ0v) is 21.3. The number of rotatable bonds is 11. The summed E-state index contributed by atoms with van der Waals surface area (Å²) in [5, 5.41) is 0. The van der Waals surface area contributed by atoms with Crippen LogP contribution in [0.5, 0.6) is 0 Å². The molecule has 23 heavy (non-hydrogen) atoms. The molecule has 0 rings (SSSR count). The summed E-state index contributed by atoms with van der Waals surface area (Å²) in [6.45, 7) is 5.26. The minimum atomic E-state index is -4.35. The van der Waals surface area contributed by atoms with Crippen LogP contribution in [0.1, 0.15) is 46.5 Å². The maximum Gasteiger partial charge on any atom is 0.482 e. The summed E-state index contributed by atoms with van der Waals surface area (Å²) >= 11 is 33.7. The molecule has 0 fully saturated rings. The van der Waals surface area contributed by atoms with Gasteiger partial charge in [-0.2, -0.15) is 0 Å². The molecule has 140 valence electrons. The van der Waals surface area contributed by atoms with Gasteiger partial charge in [0.2, 0.25) is 12.5 Å². The molecule has 1 unspecified atom stereocenters. The van der Waals surface area contributed by atoms with E-state index in [2.05, 4.69) is 47.8 Å². The van der Waals surface area contributed by atoms with E-state index < -0.39 is 20.3 Å². The zero-order chi connectivity index (χ0) is 18.5. The van der Waals surface area contributed by atoms with Gasteiger partial charge in [-0.25, -0.2) is 13.6 Å². The van der Waals surface area contributed by atoms with Crippen LogP contribution in [0, 0.1) is 0 Å². The Bertz CT molecular complexity index is 404. The first-order valence-corrected chi connectivity index (χ1v) is 12.2. The Balaban J connectivity index is 5.47. The van der Waals surface area contributed by atoms with E-state index in [1.165, 1.54) is 0 Å². The topological polar surface area (TPSA) is 44.8 Å². The molecule has 0 saturated heterocycles. The van der Waals surface area contributed by atoms with Crippen LogP contribution in [0.2, 0.25) is 0 Å². The molecule has 0 saturated carbocycles. The molecule has 0 N–H and O–H groups in total.